The first-order valence-corrected chi connectivity index (χ1v) is 10.9. The zero-order valence-electron chi connectivity index (χ0n) is 17.8. The molecule has 6 rings (SSSR count). The van der Waals surface area contributed by atoms with Crippen molar-refractivity contribution in [3.63, 3.8) is 0 Å². The maximum absolute atomic E-state index is 13.7. The average molecular weight is 454 g/mol. The number of halogens is 1. The SMILES string of the molecule is O=C(Nc1ccccc1)[C@@H]1[C@@H]2C(=O)N(c3ccc(F)cc3)C(=O)[C@H]2[C@@H]2c3ccccc3C=NN12. The lowest BCUT2D eigenvalue weighted by atomic mass is 9.85. The highest BCUT2D eigenvalue weighted by Crippen LogP contribution is 2.52. The van der Waals surface area contributed by atoms with Gasteiger partial charge in [0.2, 0.25) is 17.7 Å². The summed E-state index contributed by atoms with van der Waals surface area (Å²) in [6.07, 6.45) is 1.66. The van der Waals surface area contributed by atoms with E-state index in [2.05, 4.69) is 10.4 Å². The maximum Gasteiger partial charge on any atom is 0.249 e. The van der Waals surface area contributed by atoms with Gasteiger partial charge in [0.05, 0.1) is 29.8 Å². The Balaban J connectivity index is 1.45. The molecule has 0 spiro atoms. The number of hydrazone groups is 1. The third-order valence-electron chi connectivity index (χ3n) is 6.69. The summed E-state index contributed by atoms with van der Waals surface area (Å²) in [6.45, 7) is 0. The molecular weight excluding hydrogens is 435 g/mol. The molecule has 2 fully saturated rings. The van der Waals surface area contributed by atoms with Crippen LogP contribution in [0.25, 0.3) is 0 Å². The Morgan fingerprint density at radius 1 is 0.853 bits per heavy atom. The van der Waals surface area contributed by atoms with Crippen LogP contribution in [0.1, 0.15) is 17.2 Å². The second-order valence-corrected chi connectivity index (χ2v) is 8.54. The van der Waals surface area contributed by atoms with Crippen LogP contribution in [-0.2, 0) is 14.4 Å². The molecule has 3 aromatic rings. The first-order valence-electron chi connectivity index (χ1n) is 10.9. The van der Waals surface area contributed by atoms with Crippen LogP contribution in [0, 0.1) is 17.7 Å². The number of nitrogens with zero attached hydrogens (tertiary/aromatic N) is 3. The molecule has 0 unspecified atom stereocenters. The molecule has 0 aliphatic carbocycles. The number of carbonyl (C=O) groups excluding carboxylic acids is 3. The van der Waals surface area contributed by atoms with E-state index in [0.29, 0.717) is 5.69 Å². The number of para-hydroxylation sites is 1. The highest BCUT2D eigenvalue weighted by molar-refractivity contribution is 6.24. The van der Waals surface area contributed by atoms with Gasteiger partial charge >= 0.3 is 0 Å². The van der Waals surface area contributed by atoms with Gasteiger partial charge in [0.25, 0.3) is 0 Å². The third-order valence-corrected chi connectivity index (χ3v) is 6.69. The van der Waals surface area contributed by atoms with Crippen LogP contribution in [0.2, 0.25) is 0 Å². The van der Waals surface area contributed by atoms with Crippen LogP contribution in [0.3, 0.4) is 0 Å². The van der Waals surface area contributed by atoms with Gasteiger partial charge in [0.1, 0.15) is 11.9 Å². The molecule has 3 amide bonds. The highest BCUT2D eigenvalue weighted by atomic mass is 19.1. The lowest BCUT2D eigenvalue weighted by Gasteiger charge is -2.33. The topological polar surface area (TPSA) is 82.1 Å². The Morgan fingerprint density at radius 2 is 1.53 bits per heavy atom. The van der Waals surface area contributed by atoms with E-state index in [1.807, 2.05) is 30.3 Å². The molecule has 34 heavy (non-hydrogen) atoms. The van der Waals surface area contributed by atoms with Gasteiger partial charge in [-0.1, -0.05) is 42.5 Å². The van der Waals surface area contributed by atoms with Gasteiger partial charge in [-0.15, -0.1) is 0 Å². The third kappa shape index (κ3) is 2.95. The van der Waals surface area contributed by atoms with Crippen LogP contribution >= 0.6 is 0 Å². The monoisotopic (exact) mass is 454 g/mol. The van der Waals surface area contributed by atoms with E-state index in [9.17, 15) is 18.8 Å². The summed E-state index contributed by atoms with van der Waals surface area (Å²) in [5, 5.41) is 8.97. The molecule has 0 bridgehead atoms. The Hall–Kier alpha value is -4.33. The van der Waals surface area contributed by atoms with Gasteiger partial charge in [0.15, 0.2) is 0 Å². The number of fused-ring (bicyclic) bond motifs is 5. The summed E-state index contributed by atoms with van der Waals surface area (Å²) in [4.78, 5) is 41.9. The molecule has 0 saturated carbocycles. The second kappa shape index (κ2) is 7.62. The fourth-order valence-corrected chi connectivity index (χ4v) is 5.25. The first-order chi connectivity index (χ1) is 16.5. The minimum absolute atomic E-state index is 0.284. The van der Waals surface area contributed by atoms with E-state index in [1.54, 1.807) is 35.5 Å². The molecule has 3 aromatic carbocycles. The van der Waals surface area contributed by atoms with Crippen molar-refractivity contribution in [2.24, 2.45) is 16.9 Å². The molecule has 168 valence electrons. The van der Waals surface area contributed by atoms with Gasteiger partial charge in [-0.05, 0) is 47.5 Å². The zero-order chi connectivity index (χ0) is 23.4. The summed E-state index contributed by atoms with van der Waals surface area (Å²) >= 11 is 0. The number of nitrogens with one attached hydrogen (secondary N) is 1. The number of hydrogen-bond acceptors (Lipinski definition) is 5. The largest absolute Gasteiger partial charge is 0.324 e. The van der Waals surface area contributed by atoms with Crippen LogP contribution in [0.15, 0.2) is 84.0 Å². The normalized spacial score (nSPS) is 24.6. The Kier molecular flexibility index (Phi) is 4.55. The van der Waals surface area contributed by atoms with E-state index in [-0.39, 0.29) is 5.69 Å². The second-order valence-electron chi connectivity index (χ2n) is 8.54. The van der Waals surface area contributed by atoms with Crippen LogP contribution in [0.4, 0.5) is 15.8 Å². The Morgan fingerprint density at radius 3 is 2.29 bits per heavy atom. The molecule has 2 saturated heterocycles. The summed E-state index contributed by atoms with van der Waals surface area (Å²) in [5.41, 5.74) is 2.55. The maximum atomic E-state index is 13.7. The van der Waals surface area contributed by atoms with Crippen molar-refractivity contribution in [1.82, 2.24) is 5.01 Å². The van der Waals surface area contributed by atoms with Crippen molar-refractivity contribution in [1.29, 1.82) is 0 Å². The van der Waals surface area contributed by atoms with E-state index in [1.165, 1.54) is 24.3 Å². The molecule has 7 nitrogen and oxygen atoms in total. The fourth-order valence-electron chi connectivity index (χ4n) is 5.25. The van der Waals surface area contributed by atoms with Crippen LogP contribution < -0.4 is 10.2 Å². The van der Waals surface area contributed by atoms with Crippen molar-refractivity contribution in [2.45, 2.75) is 12.1 Å². The number of anilines is 2. The number of rotatable bonds is 3. The van der Waals surface area contributed by atoms with Gasteiger partial charge in [0, 0.05) is 5.69 Å². The molecule has 0 radical (unpaired) electrons. The molecule has 3 aliphatic rings. The zero-order valence-corrected chi connectivity index (χ0v) is 17.8. The minimum atomic E-state index is -0.985. The van der Waals surface area contributed by atoms with Crippen LogP contribution in [-0.4, -0.2) is 35.0 Å². The molecule has 1 N–H and O–H groups in total. The highest BCUT2D eigenvalue weighted by Gasteiger charge is 2.65. The summed E-state index contributed by atoms with van der Waals surface area (Å²) in [5.74, 6) is -3.53. The van der Waals surface area contributed by atoms with Gasteiger partial charge in [-0.25, -0.2) is 9.29 Å². The predicted molar refractivity (Wildman–Crippen MR) is 123 cm³/mol. The van der Waals surface area contributed by atoms with Crippen molar-refractivity contribution >= 4 is 35.3 Å². The standard InChI is InChI=1S/C26H19FN4O3/c27-16-10-12-18(13-11-16)30-25(33)20-21(26(30)34)23(24(32)29-17-7-2-1-3-8-17)31-22(20)19-9-5-4-6-15(19)14-28-31/h1-14,20-23H,(H,29,32)/t20-,21-,22+,23+/m1/s1. The van der Waals surface area contributed by atoms with Crippen molar-refractivity contribution in [2.75, 3.05) is 10.2 Å². The van der Waals surface area contributed by atoms with E-state index >= 15 is 0 Å². The van der Waals surface area contributed by atoms with Crippen molar-refractivity contribution < 1.29 is 18.8 Å². The lowest BCUT2D eigenvalue weighted by molar-refractivity contribution is -0.129. The molecule has 8 heteroatoms. The summed E-state index contributed by atoms with van der Waals surface area (Å²) in [6, 6.07) is 20.1. The number of hydrogen-bond donors (Lipinski definition) is 1. The Labute approximate surface area is 194 Å². The number of imide groups is 1. The molecular formula is C26H19FN4O3. The van der Waals surface area contributed by atoms with E-state index < -0.39 is 47.5 Å². The summed E-state index contributed by atoms with van der Waals surface area (Å²) in [7, 11) is 0. The predicted octanol–water partition coefficient (Wildman–Crippen LogP) is 3.34. The first kappa shape index (κ1) is 20.3. The van der Waals surface area contributed by atoms with Gasteiger partial charge in [-0.2, -0.15) is 5.10 Å². The number of amides is 3. The number of carbonyl (C=O) groups is 3. The molecule has 3 heterocycles. The minimum Gasteiger partial charge on any atom is -0.324 e. The smallest absolute Gasteiger partial charge is 0.249 e. The Bertz CT molecular complexity index is 1340. The quantitative estimate of drug-likeness (QED) is 0.616. The average Bonchev–Trinajstić information content (AvgIpc) is 3.33. The summed E-state index contributed by atoms with van der Waals surface area (Å²) < 4.78 is 13.5. The molecule has 0 aromatic heterocycles. The van der Waals surface area contributed by atoms with Crippen LogP contribution in [0.5, 0.6) is 0 Å². The van der Waals surface area contributed by atoms with E-state index in [0.717, 1.165) is 16.0 Å². The lowest BCUT2D eigenvalue weighted by Crippen LogP contribution is -2.46. The van der Waals surface area contributed by atoms with E-state index in [4.69, 9.17) is 0 Å². The van der Waals surface area contributed by atoms with Gasteiger partial charge in [-0.3, -0.25) is 19.4 Å². The molecule has 3 aliphatic heterocycles. The fraction of sp³-hybridized carbons (Fsp3) is 0.154. The van der Waals surface area contributed by atoms with Gasteiger partial charge < -0.3 is 5.32 Å². The molecule has 4 atom stereocenters. The van der Waals surface area contributed by atoms with Crippen molar-refractivity contribution in [3.8, 4) is 0 Å². The van der Waals surface area contributed by atoms with Crippen molar-refractivity contribution in [3.05, 3.63) is 95.8 Å². The number of benzene rings is 3.